The Bertz CT molecular complexity index is 420. The Hall–Kier alpha value is -1.34. The first kappa shape index (κ1) is 16.0. The molecule has 0 radical (unpaired) electrons. The second-order valence-electron chi connectivity index (χ2n) is 6.74. The van der Waals surface area contributed by atoms with Crippen molar-refractivity contribution >= 4 is 12.0 Å². The van der Waals surface area contributed by atoms with Gasteiger partial charge < -0.3 is 19.8 Å². The summed E-state index contributed by atoms with van der Waals surface area (Å²) < 4.78 is 5.33. The Kier molecular flexibility index (Phi) is 4.43. The highest BCUT2D eigenvalue weighted by atomic mass is 16.6. The van der Waals surface area contributed by atoms with Crippen LogP contribution in [0.4, 0.5) is 4.79 Å². The van der Waals surface area contributed by atoms with Crippen molar-refractivity contribution in [2.75, 3.05) is 26.2 Å². The van der Waals surface area contributed by atoms with Crippen molar-refractivity contribution in [3.8, 4) is 0 Å². The van der Waals surface area contributed by atoms with Crippen LogP contribution in [0.3, 0.4) is 0 Å². The number of amides is 2. The summed E-state index contributed by atoms with van der Waals surface area (Å²) in [5.74, 6) is -0.285. The Labute approximate surface area is 124 Å². The zero-order valence-corrected chi connectivity index (χ0v) is 12.8. The molecule has 2 aliphatic heterocycles. The molecule has 3 atom stereocenters. The van der Waals surface area contributed by atoms with Gasteiger partial charge in [-0.1, -0.05) is 0 Å². The van der Waals surface area contributed by atoms with E-state index in [9.17, 15) is 14.7 Å². The van der Waals surface area contributed by atoms with Crippen LogP contribution in [-0.2, 0) is 9.53 Å². The SMILES string of the molecule is CC(C)(C)OC(=O)N1C[C@@H](O)C[C@H]2CN(CCO)C(=O)[C@H]21. The number of hydrogen-bond acceptors (Lipinski definition) is 5. The van der Waals surface area contributed by atoms with Gasteiger partial charge in [0.05, 0.1) is 19.3 Å². The lowest BCUT2D eigenvalue weighted by Crippen LogP contribution is -2.55. The topological polar surface area (TPSA) is 90.3 Å². The van der Waals surface area contributed by atoms with E-state index in [-0.39, 0.29) is 31.5 Å². The molecule has 7 heteroatoms. The summed E-state index contributed by atoms with van der Waals surface area (Å²) in [6, 6.07) is -0.588. The van der Waals surface area contributed by atoms with Gasteiger partial charge in [-0.25, -0.2) is 4.79 Å². The molecule has 0 unspecified atom stereocenters. The van der Waals surface area contributed by atoms with Gasteiger partial charge in [-0.15, -0.1) is 0 Å². The average molecular weight is 300 g/mol. The van der Waals surface area contributed by atoms with E-state index in [1.165, 1.54) is 4.90 Å². The van der Waals surface area contributed by atoms with Crippen LogP contribution in [0.2, 0.25) is 0 Å². The third-order valence-corrected chi connectivity index (χ3v) is 3.78. The van der Waals surface area contributed by atoms with E-state index in [0.717, 1.165) is 0 Å². The molecule has 21 heavy (non-hydrogen) atoms. The molecule has 2 aliphatic rings. The fourth-order valence-electron chi connectivity index (χ4n) is 3.05. The number of aliphatic hydroxyl groups excluding tert-OH is 2. The number of carbonyl (C=O) groups excluding carboxylic acids is 2. The minimum Gasteiger partial charge on any atom is -0.444 e. The fraction of sp³-hybridized carbons (Fsp3) is 0.857. The van der Waals surface area contributed by atoms with Gasteiger partial charge in [0.15, 0.2) is 0 Å². The quantitative estimate of drug-likeness (QED) is 0.737. The van der Waals surface area contributed by atoms with Crippen LogP contribution in [0, 0.1) is 5.92 Å². The zero-order chi connectivity index (χ0) is 15.8. The molecule has 0 aromatic rings. The number of piperidine rings is 1. The highest BCUT2D eigenvalue weighted by Crippen LogP contribution is 2.32. The van der Waals surface area contributed by atoms with E-state index in [2.05, 4.69) is 0 Å². The molecular weight excluding hydrogens is 276 g/mol. The maximum absolute atomic E-state index is 12.4. The van der Waals surface area contributed by atoms with E-state index < -0.39 is 23.8 Å². The molecule has 2 rings (SSSR count). The first-order chi connectivity index (χ1) is 9.73. The van der Waals surface area contributed by atoms with Crippen molar-refractivity contribution < 1.29 is 24.5 Å². The molecule has 2 heterocycles. The number of β-amino-alcohol motifs (C(OH)–C–C–N with tert-alkyl or cyclic N) is 2. The summed E-state index contributed by atoms with van der Waals surface area (Å²) in [6.45, 7) is 5.99. The van der Waals surface area contributed by atoms with Gasteiger partial charge in [0, 0.05) is 19.0 Å². The van der Waals surface area contributed by atoms with E-state index in [1.807, 2.05) is 0 Å². The van der Waals surface area contributed by atoms with Crippen LogP contribution in [0.1, 0.15) is 27.2 Å². The normalized spacial score (nSPS) is 29.6. The second kappa shape index (κ2) is 5.81. The van der Waals surface area contributed by atoms with E-state index in [0.29, 0.717) is 13.0 Å². The predicted octanol–water partition coefficient (Wildman–Crippen LogP) is -0.193. The van der Waals surface area contributed by atoms with Gasteiger partial charge >= 0.3 is 6.09 Å². The standard InChI is InChI=1S/C14H24N2O5/c1-14(2,3)21-13(20)16-8-10(18)6-9-7-15(4-5-17)12(19)11(9)16/h9-11,17-18H,4-8H2,1-3H3/t9-,10-,11-/m0/s1. The van der Waals surface area contributed by atoms with Gasteiger partial charge in [-0.3, -0.25) is 9.69 Å². The Morgan fingerprint density at radius 1 is 1.38 bits per heavy atom. The molecule has 2 fully saturated rings. The number of likely N-dealkylation sites (tertiary alicyclic amines) is 2. The van der Waals surface area contributed by atoms with Crippen molar-refractivity contribution in [3.63, 3.8) is 0 Å². The number of ether oxygens (including phenoxy) is 1. The molecule has 2 saturated heterocycles. The molecule has 2 N–H and O–H groups in total. The largest absolute Gasteiger partial charge is 0.444 e. The van der Waals surface area contributed by atoms with Crippen LogP contribution in [0.15, 0.2) is 0 Å². The van der Waals surface area contributed by atoms with Crippen LogP contribution in [-0.4, -0.2) is 76.0 Å². The van der Waals surface area contributed by atoms with Crippen molar-refractivity contribution in [3.05, 3.63) is 0 Å². The number of aliphatic hydroxyl groups is 2. The Morgan fingerprint density at radius 3 is 2.62 bits per heavy atom. The summed E-state index contributed by atoms with van der Waals surface area (Å²) in [5, 5.41) is 19.0. The molecule has 0 aliphatic carbocycles. The van der Waals surface area contributed by atoms with Crippen molar-refractivity contribution in [1.82, 2.24) is 9.80 Å². The van der Waals surface area contributed by atoms with Crippen LogP contribution in [0.25, 0.3) is 0 Å². The first-order valence-corrected chi connectivity index (χ1v) is 7.30. The molecule has 0 aromatic carbocycles. The third-order valence-electron chi connectivity index (χ3n) is 3.78. The number of rotatable bonds is 2. The summed E-state index contributed by atoms with van der Waals surface area (Å²) in [7, 11) is 0. The monoisotopic (exact) mass is 300 g/mol. The summed E-state index contributed by atoms with van der Waals surface area (Å²) in [5.41, 5.74) is -0.651. The highest BCUT2D eigenvalue weighted by Gasteiger charge is 2.50. The molecule has 0 bridgehead atoms. The lowest BCUT2D eigenvalue weighted by molar-refractivity contribution is -0.134. The van der Waals surface area contributed by atoms with E-state index >= 15 is 0 Å². The number of fused-ring (bicyclic) bond motifs is 1. The summed E-state index contributed by atoms with van der Waals surface area (Å²) in [4.78, 5) is 27.6. The van der Waals surface area contributed by atoms with Crippen LogP contribution >= 0.6 is 0 Å². The van der Waals surface area contributed by atoms with Crippen LogP contribution in [0.5, 0.6) is 0 Å². The van der Waals surface area contributed by atoms with Gasteiger partial charge in [-0.05, 0) is 27.2 Å². The van der Waals surface area contributed by atoms with Gasteiger partial charge in [0.2, 0.25) is 5.91 Å². The maximum Gasteiger partial charge on any atom is 0.411 e. The lowest BCUT2D eigenvalue weighted by atomic mass is 9.90. The number of hydrogen-bond donors (Lipinski definition) is 2. The highest BCUT2D eigenvalue weighted by molar-refractivity contribution is 5.88. The van der Waals surface area contributed by atoms with Gasteiger partial charge in [-0.2, -0.15) is 0 Å². The average Bonchev–Trinajstić information content (AvgIpc) is 2.63. The van der Waals surface area contributed by atoms with Gasteiger partial charge in [0.1, 0.15) is 11.6 Å². The lowest BCUT2D eigenvalue weighted by Gasteiger charge is -2.38. The molecular formula is C14H24N2O5. The van der Waals surface area contributed by atoms with Crippen molar-refractivity contribution in [1.29, 1.82) is 0 Å². The van der Waals surface area contributed by atoms with Crippen molar-refractivity contribution in [2.24, 2.45) is 5.92 Å². The molecule has 7 nitrogen and oxygen atoms in total. The zero-order valence-electron chi connectivity index (χ0n) is 12.8. The minimum atomic E-state index is -0.652. The molecule has 0 spiro atoms. The van der Waals surface area contributed by atoms with Crippen LogP contribution < -0.4 is 0 Å². The summed E-state index contributed by atoms with van der Waals surface area (Å²) >= 11 is 0. The first-order valence-electron chi connectivity index (χ1n) is 7.30. The van der Waals surface area contributed by atoms with E-state index in [1.54, 1.807) is 25.7 Å². The summed E-state index contributed by atoms with van der Waals surface area (Å²) in [6.07, 6.45) is -0.742. The van der Waals surface area contributed by atoms with Gasteiger partial charge in [0.25, 0.3) is 0 Å². The number of nitrogens with zero attached hydrogens (tertiary/aromatic N) is 2. The smallest absolute Gasteiger partial charge is 0.411 e. The molecule has 2 amide bonds. The molecule has 0 aromatic heterocycles. The minimum absolute atomic E-state index is 0.106. The van der Waals surface area contributed by atoms with E-state index in [4.69, 9.17) is 9.84 Å². The maximum atomic E-state index is 12.4. The number of carbonyl (C=O) groups is 2. The molecule has 120 valence electrons. The fourth-order valence-corrected chi connectivity index (χ4v) is 3.05. The third kappa shape index (κ3) is 3.47. The predicted molar refractivity (Wildman–Crippen MR) is 74.5 cm³/mol. The molecule has 0 saturated carbocycles. The second-order valence-corrected chi connectivity index (χ2v) is 6.74. The Morgan fingerprint density at radius 2 is 2.05 bits per heavy atom. The Balaban J connectivity index is 2.16. The van der Waals surface area contributed by atoms with Crippen molar-refractivity contribution in [2.45, 2.75) is 44.9 Å².